The Balaban J connectivity index is 2.33. The monoisotopic (exact) mass is 128 g/mol. The second-order valence-electron chi connectivity index (χ2n) is 2.83. The molecule has 1 rings (SSSR count). The highest BCUT2D eigenvalue weighted by molar-refractivity contribution is 5.63. The molecule has 0 spiro atoms. The highest BCUT2D eigenvalue weighted by atomic mass is 16.4. The van der Waals surface area contributed by atoms with Gasteiger partial charge < -0.3 is 15.2 Å². The molecule has 1 N–H and O–H groups in total. The fourth-order valence-electron chi connectivity index (χ4n) is 1.08. The molecule has 0 bridgehead atoms. The molecule has 3 heteroatoms. The Morgan fingerprint density at radius 1 is 1.67 bits per heavy atom. The van der Waals surface area contributed by atoms with Crippen LogP contribution in [-0.4, -0.2) is 11.6 Å². The van der Waals surface area contributed by atoms with Crippen LogP contribution in [0.2, 0.25) is 0 Å². The summed E-state index contributed by atoms with van der Waals surface area (Å²) in [5.41, 5.74) is -0.168. The maximum atomic E-state index is 9.99. The number of rotatable bonds is 1. The quantitative estimate of drug-likeness (QED) is 0.534. The van der Waals surface area contributed by atoms with Crippen LogP contribution in [0, 0.1) is 0 Å². The van der Waals surface area contributed by atoms with Gasteiger partial charge in [-0.05, 0) is 26.2 Å². The maximum absolute atomic E-state index is 9.99. The summed E-state index contributed by atoms with van der Waals surface area (Å²) in [5, 5.41) is 12.3. The van der Waals surface area contributed by atoms with Gasteiger partial charge in [-0.15, -0.1) is 0 Å². The number of carboxylic acid groups (broad SMARTS) is 1. The van der Waals surface area contributed by atoms with E-state index in [1.165, 1.54) is 0 Å². The number of carbonyl (C=O) groups is 1. The summed E-state index contributed by atoms with van der Waals surface area (Å²) in [5.74, 6) is 0. The molecule has 1 aliphatic carbocycles. The second-order valence-corrected chi connectivity index (χ2v) is 2.83. The molecule has 52 valence electrons. The number of nitrogens with one attached hydrogen (secondary N) is 1. The van der Waals surface area contributed by atoms with Gasteiger partial charge in [0.15, 0.2) is 0 Å². The third kappa shape index (κ3) is 1.34. The first-order chi connectivity index (χ1) is 4.12. The van der Waals surface area contributed by atoms with Gasteiger partial charge in [-0.25, -0.2) is 0 Å². The summed E-state index contributed by atoms with van der Waals surface area (Å²) in [7, 11) is 0. The Hall–Kier alpha value is -0.730. The van der Waals surface area contributed by atoms with E-state index in [9.17, 15) is 9.90 Å². The van der Waals surface area contributed by atoms with Gasteiger partial charge in [0.25, 0.3) is 0 Å². The number of hydrogen-bond acceptors (Lipinski definition) is 2. The van der Waals surface area contributed by atoms with Gasteiger partial charge >= 0.3 is 0 Å². The van der Waals surface area contributed by atoms with E-state index in [0.29, 0.717) is 0 Å². The highest BCUT2D eigenvalue weighted by Crippen LogP contribution is 2.30. The van der Waals surface area contributed by atoms with E-state index < -0.39 is 6.09 Å². The van der Waals surface area contributed by atoms with Gasteiger partial charge in [0.05, 0.1) is 0 Å². The molecule has 1 aliphatic rings. The molecule has 0 aromatic carbocycles. The number of carbonyl (C=O) groups excluding carboxylic acids is 1. The van der Waals surface area contributed by atoms with E-state index in [4.69, 9.17) is 0 Å². The van der Waals surface area contributed by atoms with E-state index in [1.807, 2.05) is 6.92 Å². The van der Waals surface area contributed by atoms with E-state index in [0.717, 1.165) is 19.3 Å². The minimum Gasteiger partial charge on any atom is -0.530 e. The van der Waals surface area contributed by atoms with Crippen LogP contribution >= 0.6 is 0 Å². The van der Waals surface area contributed by atoms with Gasteiger partial charge in [0, 0.05) is 5.54 Å². The fraction of sp³-hybridized carbons (Fsp3) is 0.833. The molecule has 1 saturated carbocycles. The molecular weight excluding hydrogens is 118 g/mol. The molecule has 0 heterocycles. The molecule has 0 saturated heterocycles. The van der Waals surface area contributed by atoms with Crippen LogP contribution in [0.3, 0.4) is 0 Å². The van der Waals surface area contributed by atoms with Crippen molar-refractivity contribution >= 4 is 6.09 Å². The van der Waals surface area contributed by atoms with Gasteiger partial charge in [-0.3, -0.25) is 0 Å². The van der Waals surface area contributed by atoms with Crippen molar-refractivity contribution in [3.05, 3.63) is 0 Å². The van der Waals surface area contributed by atoms with Crippen molar-refractivity contribution in [3.63, 3.8) is 0 Å². The SMILES string of the molecule is CC1(NC(=O)[O-])CCC1. The summed E-state index contributed by atoms with van der Waals surface area (Å²) < 4.78 is 0. The van der Waals surface area contributed by atoms with E-state index in [-0.39, 0.29) is 5.54 Å². The van der Waals surface area contributed by atoms with Gasteiger partial charge in [-0.2, -0.15) is 0 Å². The van der Waals surface area contributed by atoms with Crippen LogP contribution < -0.4 is 10.4 Å². The van der Waals surface area contributed by atoms with Gasteiger partial charge in [-0.1, -0.05) is 0 Å². The smallest absolute Gasteiger partial charge is 0.134 e. The van der Waals surface area contributed by atoms with Crippen molar-refractivity contribution in [2.24, 2.45) is 0 Å². The van der Waals surface area contributed by atoms with Crippen LogP contribution in [0.15, 0.2) is 0 Å². The summed E-state index contributed by atoms with van der Waals surface area (Å²) in [4.78, 5) is 9.99. The van der Waals surface area contributed by atoms with Crippen molar-refractivity contribution < 1.29 is 9.90 Å². The van der Waals surface area contributed by atoms with Crippen LogP contribution in [0.25, 0.3) is 0 Å². The third-order valence-electron chi connectivity index (χ3n) is 1.86. The van der Waals surface area contributed by atoms with Crippen LogP contribution in [0.5, 0.6) is 0 Å². The van der Waals surface area contributed by atoms with Crippen molar-refractivity contribution in [2.75, 3.05) is 0 Å². The Bertz CT molecular complexity index is 129. The Labute approximate surface area is 54.1 Å². The van der Waals surface area contributed by atoms with Crippen molar-refractivity contribution in [1.29, 1.82) is 0 Å². The summed E-state index contributed by atoms with van der Waals surface area (Å²) in [6, 6.07) is 0. The zero-order valence-electron chi connectivity index (χ0n) is 5.44. The highest BCUT2D eigenvalue weighted by Gasteiger charge is 2.30. The first-order valence-corrected chi connectivity index (χ1v) is 3.12. The molecule has 1 amide bonds. The lowest BCUT2D eigenvalue weighted by Crippen LogP contribution is -2.55. The van der Waals surface area contributed by atoms with Crippen LogP contribution in [-0.2, 0) is 0 Å². The van der Waals surface area contributed by atoms with Crippen LogP contribution in [0.1, 0.15) is 26.2 Å². The molecule has 0 aromatic rings. The normalized spacial score (nSPS) is 22.3. The molecule has 0 aliphatic heterocycles. The Morgan fingerprint density at radius 3 is 2.33 bits per heavy atom. The minimum absolute atomic E-state index is 0.168. The van der Waals surface area contributed by atoms with Crippen molar-refractivity contribution in [2.45, 2.75) is 31.7 Å². The zero-order chi connectivity index (χ0) is 6.91. The first kappa shape index (κ1) is 6.39. The lowest BCUT2D eigenvalue weighted by Gasteiger charge is -2.40. The summed E-state index contributed by atoms with van der Waals surface area (Å²) >= 11 is 0. The Kier molecular flexibility index (Phi) is 1.35. The first-order valence-electron chi connectivity index (χ1n) is 3.12. The average Bonchev–Trinajstić information content (AvgIpc) is 1.60. The molecule has 0 atom stereocenters. The fourth-order valence-corrected chi connectivity index (χ4v) is 1.08. The predicted octanol–water partition coefficient (Wildman–Crippen LogP) is -0.138. The third-order valence-corrected chi connectivity index (χ3v) is 1.86. The van der Waals surface area contributed by atoms with E-state index >= 15 is 0 Å². The van der Waals surface area contributed by atoms with Gasteiger partial charge in [0.1, 0.15) is 6.09 Å². The lowest BCUT2D eigenvalue weighted by molar-refractivity contribution is -0.253. The largest absolute Gasteiger partial charge is 0.530 e. The molecular formula is C6H10NO2-. The molecule has 9 heavy (non-hydrogen) atoms. The summed E-state index contributed by atoms with van der Waals surface area (Å²) in [6.07, 6.45) is 1.86. The van der Waals surface area contributed by atoms with E-state index in [2.05, 4.69) is 5.32 Å². The topological polar surface area (TPSA) is 52.2 Å². The molecule has 1 fully saturated rings. The molecule has 0 radical (unpaired) electrons. The second kappa shape index (κ2) is 1.90. The Morgan fingerprint density at radius 2 is 2.22 bits per heavy atom. The number of hydrogen-bond donors (Lipinski definition) is 1. The maximum Gasteiger partial charge on any atom is 0.134 e. The minimum atomic E-state index is -1.16. The van der Waals surface area contributed by atoms with E-state index in [1.54, 1.807) is 0 Å². The van der Waals surface area contributed by atoms with Gasteiger partial charge in [0.2, 0.25) is 0 Å². The van der Waals surface area contributed by atoms with Crippen molar-refractivity contribution in [1.82, 2.24) is 5.32 Å². The molecule has 3 nitrogen and oxygen atoms in total. The standard InChI is InChI=1S/C6H11NO2/c1-6(3-2-4-6)7-5(8)9/h7H,2-4H2,1H3,(H,8,9)/p-1. The number of amides is 1. The zero-order valence-corrected chi connectivity index (χ0v) is 5.44. The average molecular weight is 128 g/mol. The molecule has 0 aromatic heterocycles. The predicted molar refractivity (Wildman–Crippen MR) is 30.8 cm³/mol. The van der Waals surface area contributed by atoms with Crippen molar-refractivity contribution in [3.8, 4) is 0 Å². The molecule has 0 unspecified atom stereocenters. The summed E-state index contributed by atoms with van der Waals surface area (Å²) in [6.45, 7) is 1.90. The van der Waals surface area contributed by atoms with Crippen LogP contribution in [0.4, 0.5) is 4.79 Å². The lowest BCUT2D eigenvalue weighted by atomic mass is 9.79.